The molecule has 0 saturated carbocycles. The molecule has 0 aliphatic rings. The van der Waals surface area contributed by atoms with E-state index < -0.39 is 0 Å². The molecule has 0 aromatic heterocycles. The van der Waals surface area contributed by atoms with E-state index in [0.717, 1.165) is 11.1 Å². The van der Waals surface area contributed by atoms with Gasteiger partial charge in [-0.05, 0) is 35.4 Å². The van der Waals surface area contributed by atoms with Crippen LogP contribution in [0.1, 0.15) is 11.1 Å². The molecule has 0 aliphatic heterocycles. The topological polar surface area (TPSA) is 40.5 Å². The molecule has 0 fully saturated rings. The van der Waals surface area contributed by atoms with Crippen LogP contribution in [0.25, 0.3) is 12.2 Å². The lowest BCUT2D eigenvalue weighted by Crippen LogP contribution is -1.76. The molecule has 2 nitrogen and oxygen atoms in total. The largest absolute Gasteiger partial charge is 0.504 e. The second-order valence-electron chi connectivity index (χ2n) is 3.63. The van der Waals surface area contributed by atoms with Gasteiger partial charge in [0.2, 0.25) is 0 Å². The Bertz CT molecular complexity index is 545. The van der Waals surface area contributed by atoms with Gasteiger partial charge in [0.05, 0.1) is 0 Å². The van der Waals surface area contributed by atoms with Crippen LogP contribution in [-0.2, 0) is 0 Å². The van der Waals surface area contributed by atoms with Gasteiger partial charge in [-0.3, -0.25) is 0 Å². The average molecular weight is 230 g/mol. The van der Waals surface area contributed by atoms with Gasteiger partial charge in [-0.2, -0.15) is 0 Å². The van der Waals surface area contributed by atoms with Crippen molar-refractivity contribution < 1.29 is 14.6 Å². The number of phenols is 2. The highest BCUT2D eigenvalue weighted by Crippen LogP contribution is 2.25. The minimum Gasteiger partial charge on any atom is -0.504 e. The van der Waals surface area contributed by atoms with Crippen LogP contribution in [0.15, 0.2) is 42.5 Å². The number of phenolic OH excluding ortho intramolecular Hbond substituents is 2. The summed E-state index contributed by atoms with van der Waals surface area (Å²) in [5.41, 5.74) is 1.61. The molecule has 0 aliphatic carbocycles. The van der Waals surface area contributed by atoms with Gasteiger partial charge in [-0.15, -0.1) is 0 Å². The average Bonchev–Trinajstić information content (AvgIpc) is 2.33. The summed E-state index contributed by atoms with van der Waals surface area (Å²) in [5.74, 6) is -0.584. The van der Waals surface area contributed by atoms with Crippen molar-refractivity contribution in [1.82, 2.24) is 0 Å². The monoisotopic (exact) mass is 230 g/mol. The molecule has 2 N–H and O–H groups in total. The normalized spacial score (nSPS) is 10.9. The fourth-order valence-corrected chi connectivity index (χ4v) is 1.41. The lowest BCUT2D eigenvalue weighted by molar-refractivity contribution is 0.403. The summed E-state index contributed by atoms with van der Waals surface area (Å²) in [6, 6.07) is 10.6. The zero-order chi connectivity index (χ0) is 12.3. The molecule has 2 rings (SSSR count). The van der Waals surface area contributed by atoms with Gasteiger partial charge in [0.15, 0.2) is 11.5 Å². The summed E-state index contributed by atoms with van der Waals surface area (Å²) in [4.78, 5) is 0. The molecule has 3 heteroatoms. The summed E-state index contributed by atoms with van der Waals surface area (Å²) in [5, 5.41) is 18.4. The number of rotatable bonds is 2. The van der Waals surface area contributed by atoms with E-state index in [1.807, 2.05) is 0 Å². The van der Waals surface area contributed by atoms with Crippen molar-refractivity contribution in [3.63, 3.8) is 0 Å². The molecule has 0 amide bonds. The van der Waals surface area contributed by atoms with Crippen LogP contribution in [0.3, 0.4) is 0 Å². The Kier molecular flexibility index (Phi) is 3.10. The molecule has 2 aromatic carbocycles. The van der Waals surface area contributed by atoms with E-state index >= 15 is 0 Å². The maximum Gasteiger partial charge on any atom is 0.157 e. The summed E-state index contributed by atoms with van der Waals surface area (Å²) < 4.78 is 12.7. The molecular formula is C14H11FO2. The van der Waals surface area contributed by atoms with Gasteiger partial charge < -0.3 is 10.2 Å². The molecule has 17 heavy (non-hydrogen) atoms. The molecule has 0 unspecified atom stereocenters. The lowest BCUT2D eigenvalue weighted by Gasteiger charge is -1.98. The quantitative estimate of drug-likeness (QED) is 0.613. The first-order valence-electron chi connectivity index (χ1n) is 5.11. The first-order chi connectivity index (χ1) is 8.15. The molecule has 0 spiro atoms. The Morgan fingerprint density at radius 3 is 2.00 bits per heavy atom. The third-order valence-corrected chi connectivity index (χ3v) is 2.34. The predicted molar refractivity (Wildman–Crippen MR) is 65.1 cm³/mol. The van der Waals surface area contributed by atoms with Crippen LogP contribution >= 0.6 is 0 Å². The van der Waals surface area contributed by atoms with Gasteiger partial charge in [0, 0.05) is 0 Å². The van der Waals surface area contributed by atoms with Crippen LogP contribution in [0.2, 0.25) is 0 Å². The van der Waals surface area contributed by atoms with E-state index in [1.54, 1.807) is 30.4 Å². The van der Waals surface area contributed by atoms with Crippen molar-refractivity contribution in [1.29, 1.82) is 0 Å². The number of aromatic hydroxyl groups is 2. The van der Waals surface area contributed by atoms with Gasteiger partial charge in [0.25, 0.3) is 0 Å². The van der Waals surface area contributed by atoms with E-state index in [1.165, 1.54) is 24.3 Å². The van der Waals surface area contributed by atoms with Gasteiger partial charge in [0.1, 0.15) is 5.82 Å². The van der Waals surface area contributed by atoms with E-state index in [4.69, 9.17) is 5.11 Å². The molecule has 0 atom stereocenters. The minimum atomic E-state index is -0.274. The van der Waals surface area contributed by atoms with Crippen molar-refractivity contribution in [3.05, 3.63) is 59.4 Å². The predicted octanol–water partition coefficient (Wildman–Crippen LogP) is 3.41. The molecule has 0 radical (unpaired) electrons. The number of benzene rings is 2. The highest BCUT2D eigenvalue weighted by Gasteiger charge is 1.97. The van der Waals surface area contributed by atoms with Gasteiger partial charge >= 0.3 is 0 Å². The van der Waals surface area contributed by atoms with Crippen molar-refractivity contribution in [3.8, 4) is 11.5 Å². The highest BCUT2D eigenvalue weighted by atomic mass is 19.1. The number of halogens is 1. The van der Waals surface area contributed by atoms with E-state index in [2.05, 4.69) is 0 Å². The Morgan fingerprint density at radius 1 is 0.765 bits per heavy atom. The van der Waals surface area contributed by atoms with E-state index in [-0.39, 0.29) is 17.3 Å². The van der Waals surface area contributed by atoms with Crippen LogP contribution in [0.5, 0.6) is 11.5 Å². The first kappa shape index (κ1) is 11.2. The zero-order valence-corrected chi connectivity index (χ0v) is 8.97. The van der Waals surface area contributed by atoms with Crippen LogP contribution in [0.4, 0.5) is 4.39 Å². The summed E-state index contributed by atoms with van der Waals surface area (Å²) in [6.45, 7) is 0. The number of hydrogen-bond acceptors (Lipinski definition) is 2. The van der Waals surface area contributed by atoms with Crippen molar-refractivity contribution in [2.24, 2.45) is 0 Å². The second kappa shape index (κ2) is 4.70. The molecule has 0 bridgehead atoms. The lowest BCUT2D eigenvalue weighted by atomic mass is 10.1. The fourth-order valence-electron chi connectivity index (χ4n) is 1.41. The second-order valence-corrected chi connectivity index (χ2v) is 3.63. The molecular weight excluding hydrogens is 219 g/mol. The summed E-state index contributed by atoms with van der Waals surface area (Å²) >= 11 is 0. The van der Waals surface area contributed by atoms with Crippen LogP contribution < -0.4 is 0 Å². The first-order valence-corrected chi connectivity index (χ1v) is 5.11. The van der Waals surface area contributed by atoms with Crippen molar-refractivity contribution in [2.75, 3.05) is 0 Å². The maximum atomic E-state index is 12.7. The smallest absolute Gasteiger partial charge is 0.157 e. The molecule has 0 heterocycles. The van der Waals surface area contributed by atoms with Crippen LogP contribution in [-0.4, -0.2) is 10.2 Å². The standard InChI is InChI=1S/C14H11FO2/c15-12-6-3-10(4-7-12)1-2-11-5-8-13(16)14(17)9-11/h1-9,16-17H/b2-1+. The van der Waals surface area contributed by atoms with Gasteiger partial charge in [-0.1, -0.05) is 30.4 Å². The van der Waals surface area contributed by atoms with E-state index in [9.17, 15) is 9.50 Å². The summed E-state index contributed by atoms with van der Waals surface area (Å²) in [6.07, 6.45) is 3.57. The zero-order valence-electron chi connectivity index (χ0n) is 8.97. The fraction of sp³-hybridized carbons (Fsp3) is 0. The maximum absolute atomic E-state index is 12.7. The Morgan fingerprint density at radius 2 is 1.35 bits per heavy atom. The third-order valence-electron chi connectivity index (χ3n) is 2.34. The Balaban J connectivity index is 2.20. The minimum absolute atomic E-state index is 0.149. The summed E-state index contributed by atoms with van der Waals surface area (Å²) in [7, 11) is 0. The number of hydrogen-bond donors (Lipinski definition) is 2. The van der Waals surface area contributed by atoms with Gasteiger partial charge in [-0.25, -0.2) is 4.39 Å². The molecule has 86 valence electrons. The SMILES string of the molecule is Oc1ccc(/C=C/c2ccc(F)cc2)cc1O. The van der Waals surface area contributed by atoms with Crippen LogP contribution in [0, 0.1) is 5.82 Å². The Hall–Kier alpha value is -2.29. The highest BCUT2D eigenvalue weighted by molar-refractivity contribution is 5.70. The Labute approximate surface area is 98.3 Å². The van der Waals surface area contributed by atoms with E-state index in [0.29, 0.717) is 0 Å². The van der Waals surface area contributed by atoms with Crippen molar-refractivity contribution >= 4 is 12.2 Å². The van der Waals surface area contributed by atoms with Crippen molar-refractivity contribution in [2.45, 2.75) is 0 Å². The third kappa shape index (κ3) is 2.84. The molecule has 2 aromatic rings. The molecule has 0 saturated heterocycles.